The van der Waals surface area contributed by atoms with Crippen LogP contribution < -0.4 is 5.32 Å². The number of carboxylic acids is 1. The molecule has 0 aliphatic carbocycles. The fourth-order valence-electron chi connectivity index (χ4n) is 9.22. The molecule has 0 bridgehead atoms. The number of rotatable bonds is 78. The third kappa shape index (κ3) is 63.4. The van der Waals surface area contributed by atoms with Crippen molar-refractivity contribution in [3.05, 3.63) is 12.7 Å². The van der Waals surface area contributed by atoms with Crippen LogP contribution in [-0.2, 0) is 133 Å². The number of esters is 5. The molecular formula is C70H127NO30. The summed E-state index contributed by atoms with van der Waals surface area (Å²) in [5.41, 5.74) is -1.27. The Balaban J connectivity index is 5.21. The number of carbonyl (C=O) groups excluding carboxylic acids is 6. The summed E-state index contributed by atoms with van der Waals surface area (Å²) in [5, 5.41) is 11.0. The van der Waals surface area contributed by atoms with Crippen LogP contribution in [-0.4, -0.2) is 299 Å². The lowest BCUT2D eigenvalue weighted by Gasteiger charge is -2.29. The van der Waals surface area contributed by atoms with Crippen molar-refractivity contribution < 1.29 is 143 Å². The first-order valence-electron chi connectivity index (χ1n) is 35.8. The molecule has 592 valence electrons. The van der Waals surface area contributed by atoms with Crippen molar-refractivity contribution in [3.63, 3.8) is 0 Å². The van der Waals surface area contributed by atoms with Crippen molar-refractivity contribution in [2.75, 3.05) is 246 Å². The van der Waals surface area contributed by atoms with Crippen molar-refractivity contribution in [2.45, 2.75) is 130 Å². The lowest BCUT2D eigenvalue weighted by Crippen LogP contribution is -2.36. The van der Waals surface area contributed by atoms with E-state index in [-0.39, 0.29) is 125 Å². The third-order valence-corrected chi connectivity index (χ3v) is 14.7. The zero-order chi connectivity index (χ0) is 74.2. The van der Waals surface area contributed by atoms with Crippen molar-refractivity contribution in [1.29, 1.82) is 0 Å². The Kier molecular flexibility index (Phi) is 68.7. The summed E-state index contributed by atoms with van der Waals surface area (Å²) >= 11 is 0. The number of ether oxygens (including phenoxy) is 22. The molecule has 0 aromatic carbocycles. The summed E-state index contributed by atoms with van der Waals surface area (Å²) in [5.74, 6) is -7.19. The summed E-state index contributed by atoms with van der Waals surface area (Å²) in [6.45, 7) is 17.1. The van der Waals surface area contributed by atoms with Crippen LogP contribution in [0.2, 0.25) is 0 Å². The van der Waals surface area contributed by atoms with Gasteiger partial charge < -0.3 is 115 Å². The smallest absolute Gasteiger partial charge is 0.407 e. The third-order valence-electron chi connectivity index (χ3n) is 14.7. The predicted molar refractivity (Wildman–Crippen MR) is 366 cm³/mol. The zero-order valence-electron chi connectivity index (χ0n) is 61.7. The number of alkyl carbamates (subject to hydrolysis) is 1. The second-order valence-corrected chi connectivity index (χ2v) is 23.5. The van der Waals surface area contributed by atoms with Gasteiger partial charge in [0.1, 0.15) is 33.0 Å². The molecule has 0 spiro atoms. The molecule has 0 aromatic heterocycles. The second-order valence-electron chi connectivity index (χ2n) is 23.5. The van der Waals surface area contributed by atoms with Gasteiger partial charge in [0.25, 0.3) is 0 Å². The van der Waals surface area contributed by atoms with Crippen LogP contribution in [0.4, 0.5) is 4.79 Å². The number of amides is 1. The number of aliphatic carboxylic acids is 1. The summed E-state index contributed by atoms with van der Waals surface area (Å²) in [7, 11) is 4.41. The zero-order valence-corrected chi connectivity index (χ0v) is 61.7. The monoisotopic (exact) mass is 1460 g/mol. The molecule has 0 rings (SSSR count). The van der Waals surface area contributed by atoms with Gasteiger partial charge in [0.05, 0.1) is 215 Å². The van der Waals surface area contributed by atoms with E-state index in [2.05, 4.69) is 18.8 Å². The quantitative estimate of drug-likeness (QED) is 0.0221. The van der Waals surface area contributed by atoms with Gasteiger partial charge >= 0.3 is 41.9 Å². The molecule has 3 unspecified atom stereocenters. The highest BCUT2D eigenvalue weighted by molar-refractivity contribution is 5.81. The van der Waals surface area contributed by atoms with Gasteiger partial charge in [0.2, 0.25) is 0 Å². The number of hydrogen-bond donors (Lipinski definition) is 2. The summed E-state index contributed by atoms with van der Waals surface area (Å²) < 4.78 is 120. The first kappa shape index (κ1) is 96.2. The molecule has 0 radical (unpaired) electrons. The number of hydrogen-bond acceptors (Lipinski definition) is 29. The van der Waals surface area contributed by atoms with E-state index < -0.39 is 71.4 Å². The number of carbonyl (C=O) groups is 7. The Hall–Kier alpha value is -4.81. The molecule has 0 saturated heterocycles. The average molecular weight is 1460 g/mol. The highest BCUT2D eigenvalue weighted by Gasteiger charge is 2.40. The Morgan fingerprint density at radius 3 is 1.22 bits per heavy atom. The van der Waals surface area contributed by atoms with E-state index in [4.69, 9.17) is 109 Å². The van der Waals surface area contributed by atoms with E-state index >= 15 is 0 Å². The maximum Gasteiger partial charge on any atom is 0.407 e. The number of methoxy groups -OCH3 is 3. The summed E-state index contributed by atoms with van der Waals surface area (Å²) in [4.78, 5) is 90.2. The molecule has 1 amide bonds. The van der Waals surface area contributed by atoms with Crippen LogP contribution in [0.3, 0.4) is 0 Å². The molecule has 0 aliphatic heterocycles. The standard InChI is InChI=1S/C70H127NO30/c1-8-10-11-12-13-14-15-16-17-18-24-97-66(76)60(56-61(67(77)98-51-27-80-5)57-70(3,4)68(78)100-52-50-95-58-64(81-6)82-7)55-59(65(75)99-53-54-101-69(79)71-22-26-96-63(74)9-2)20-19-23-83-28-30-85-32-34-87-36-38-89-40-42-91-44-46-93-48-49-94-47-45-92-43-41-90-39-37-88-35-33-86-31-29-84-25-21-62(72)73/h9,59-61,64H,2,8,10-58H2,1,3-7H3,(H,71,79)(H,72,73). The van der Waals surface area contributed by atoms with Gasteiger partial charge in [-0.05, 0) is 52.4 Å². The molecule has 3 atom stereocenters. The van der Waals surface area contributed by atoms with E-state index in [0.29, 0.717) is 145 Å². The van der Waals surface area contributed by atoms with Gasteiger partial charge in [0, 0.05) is 34.0 Å². The fourth-order valence-corrected chi connectivity index (χ4v) is 9.22. The maximum absolute atomic E-state index is 14.4. The first-order chi connectivity index (χ1) is 49.1. The summed E-state index contributed by atoms with van der Waals surface area (Å²) in [6, 6.07) is 0. The SMILES string of the molecule is C=CC(=O)OCCNC(=O)OCCOC(=O)C(CCCOCCOCCOCCOCCOCCOCCOCCOCCOCCOCCOCCOCCC(=O)O)CC(CC(CC(C)(C)C(=O)OCCOCC(OC)OC)C(=O)OCCOC)C(=O)OCCCCCCCCCCCC. The van der Waals surface area contributed by atoms with E-state index in [1.54, 1.807) is 13.8 Å². The van der Waals surface area contributed by atoms with E-state index in [0.717, 1.165) is 31.8 Å². The van der Waals surface area contributed by atoms with Crippen molar-refractivity contribution >= 4 is 41.9 Å². The van der Waals surface area contributed by atoms with Crippen molar-refractivity contribution in [2.24, 2.45) is 23.2 Å². The van der Waals surface area contributed by atoms with Crippen LogP contribution in [0, 0.1) is 23.2 Å². The minimum atomic E-state index is -1.27. The molecule has 0 aliphatic rings. The molecule has 101 heavy (non-hydrogen) atoms. The normalized spacial score (nSPS) is 12.4. The Morgan fingerprint density at radius 1 is 0.396 bits per heavy atom. The van der Waals surface area contributed by atoms with Gasteiger partial charge in [-0.25, -0.2) is 9.59 Å². The van der Waals surface area contributed by atoms with Crippen LogP contribution in [0.5, 0.6) is 0 Å². The number of unbranched alkanes of at least 4 members (excludes halogenated alkanes) is 9. The molecule has 0 saturated carbocycles. The molecule has 0 aromatic rings. The van der Waals surface area contributed by atoms with Gasteiger partial charge in [-0.2, -0.15) is 0 Å². The molecule has 31 heteroatoms. The Labute approximate surface area is 599 Å². The van der Waals surface area contributed by atoms with Gasteiger partial charge in [-0.1, -0.05) is 71.3 Å². The van der Waals surface area contributed by atoms with Crippen LogP contribution in [0.15, 0.2) is 12.7 Å². The fraction of sp³-hybridized carbons (Fsp3) is 0.871. The van der Waals surface area contributed by atoms with Crippen molar-refractivity contribution in [3.8, 4) is 0 Å². The Morgan fingerprint density at radius 2 is 0.772 bits per heavy atom. The van der Waals surface area contributed by atoms with Gasteiger partial charge in [-0.3, -0.25) is 24.0 Å². The molecule has 0 heterocycles. The lowest BCUT2D eigenvalue weighted by atomic mass is 9.77. The van der Waals surface area contributed by atoms with E-state index in [1.165, 1.54) is 53.4 Å². The minimum Gasteiger partial charge on any atom is -0.481 e. The molecular weight excluding hydrogens is 1330 g/mol. The maximum atomic E-state index is 14.4. The van der Waals surface area contributed by atoms with Gasteiger partial charge in [0.15, 0.2) is 6.29 Å². The van der Waals surface area contributed by atoms with E-state index in [9.17, 15) is 33.6 Å². The highest BCUT2D eigenvalue weighted by atomic mass is 16.7. The first-order valence-corrected chi connectivity index (χ1v) is 35.8. The number of carboxylic acid groups (broad SMARTS) is 1. The largest absolute Gasteiger partial charge is 0.481 e. The van der Waals surface area contributed by atoms with Gasteiger partial charge in [-0.15, -0.1) is 0 Å². The Bertz CT molecular complexity index is 1990. The minimum absolute atomic E-state index is 0.0271. The molecule has 31 nitrogen and oxygen atoms in total. The molecule has 0 fully saturated rings. The summed E-state index contributed by atoms with van der Waals surface area (Å²) in [6.07, 6.45) is 10.5. The predicted octanol–water partition coefficient (Wildman–Crippen LogP) is 6.32. The number of nitrogens with one attached hydrogen (secondary N) is 1. The van der Waals surface area contributed by atoms with Crippen molar-refractivity contribution in [1.82, 2.24) is 5.32 Å². The van der Waals surface area contributed by atoms with Crippen LogP contribution in [0.1, 0.15) is 124 Å². The van der Waals surface area contributed by atoms with Crippen LogP contribution >= 0.6 is 0 Å². The molecule has 2 N–H and O–H groups in total. The topological polar surface area (TPSA) is 355 Å². The lowest BCUT2D eigenvalue weighted by molar-refractivity contribution is -0.163. The average Bonchev–Trinajstić information content (AvgIpc) is 0.853. The van der Waals surface area contributed by atoms with E-state index in [1.807, 2.05) is 0 Å². The second kappa shape index (κ2) is 72.1. The van der Waals surface area contributed by atoms with Crippen LogP contribution in [0.25, 0.3) is 0 Å². The highest BCUT2D eigenvalue weighted by Crippen LogP contribution is 2.35.